The molecule has 6 nitrogen and oxygen atoms in total. The Labute approximate surface area is 166 Å². The molecule has 2 atom stereocenters. The lowest BCUT2D eigenvalue weighted by Gasteiger charge is -2.22. The highest BCUT2D eigenvalue weighted by Gasteiger charge is 2.35. The van der Waals surface area contributed by atoms with Crippen LogP contribution in [0.5, 0.6) is 0 Å². The van der Waals surface area contributed by atoms with Crippen LogP contribution >= 0.6 is 0 Å². The Hall–Kier alpha value is -2.76. The number of aliphatic imine (C=N–C) groups is 1. The van der Waals surface area contributed by atoms with Crippen molar-refractivity contribution >= 4 is 17.6 Å². The monoisotopic (exact) mass is 380 g/mol. The van der Waals surface area contributed by atoms with Gasteiger partial charge in [0.25, 0.3) is 5.91 Å². The van der Waals surface area contributed by atoms with Crippen molar-refractivity contribution in [3.63, 3.8) is 0 Å². The van der Waals surface area contributed by atoms with Crippen molar-refractivity contribution < 1.29 is 9.21 Å². The van der Waals surface area contributed by atoms with Crippen LogP contribution in [-0.2, 0) is 6.54 Å². The number of nitrogens with zero attached hydrogens (tertiary/aromatic N) is 2. The zero-order valence-electron chi connectivity index (χ0n) is 16.4. The van der Waals surface area contributed by atoms with E-state index in [1.165, 1.54) is 31.9 Å². The van der Waals surface area contributed by atoms with Crippen LogP contribution in [0.2, 0.25) is 0 Å². The molecule has 4 rings (SSSR count). The summed E-state index contributed by atoms with van der Waals surface area (Å²) in [5.74, 6) is 2.68. The van der Waals surface area contributed by atoms with Crippen LogP contribution in [0.15, 0.2) is 52.1 Å². The van der Waals surface area contributed by atoms with E-state index in [0.717, 1.165) is 42.1 Å². The van der Waals surface area contributed by atoms with E-state index in [1.807, 2.05) is 31.3 Å². The molecule has 2 aliphatic rings. The van der Waals surface area contributed by atoms with Gasteiger partial charge in [0.2, 0.25) is 0 Å². The fourth-order valence-corrected chi connectivity index (χ4v) is 4.45. The number of furan rings is 1. The number of nitrogens with one attached hydrogen (secondary N) is 2. The Morgan fingerprint density at radius 3 is 2.64 bits per heavy atom. The van der Waals surface area contributed by atoms with Crippen LogP contribution in [0, 0.1) is 11.8 Å². The lowest BCUT2D eigenvalue weighted by Crippen LogP contribution is -2.39. The van der Waals surface area contributed by atoms with Crippen LogP contribution in [0.1, 0.15) is 41.8 Å². The third-order valence-corrected chi connectivity index (χ3v) is 5.87. The standard InChI is InChI=1S/C22H28N4O2/c1-23-22(26-14-17-7-2-3-8-18(17)15-26)24-13-16-6-4-9-19(12-16)25-21(27)20-10-5-11-28-20/h4-6,9-12,17-18H,2-3,7-8,13-15H2,1H3,(H,23,24)(H,25,27). The van der Waals surface area contributed by atoms with Crippen molar-refractivity contribution in [1.29, 1.82) is 0 Å². The highest BCUT2D eigenvalue weighted by Crippen LogP contribution is 2.35. The van der Waals surface area contributed by atoms with Gasteiger partial charge in [-0.2, -0.15) is 0 Å². The molecule has 1 aromatic heterocycles. The third-order valence-electron chi connectivity index (χ3n) is 5.87. The molecule has 1 saturated heterocycles. The maximum absolute atomic E-state index is 12.2. The van der Waals surface area contributed by atoms with Crippen molar-refractivity contribution in [2.24, 2.45) is 16.8 Å². The first kappa shape index (κ1) is 18.6. The van der Waals surface area contributed by atoms with E-state index < -0.39 is 0 Å². The summed E-state index contributed by atoms with van der Waals surface area (Å²) in [5.41, 5.74) is 1.85. The lowest BCUT2D eigenvalue weighted by atomic mass is 9.82. The molecule has 6 heteroatoms. The zero-order chi connectivity index (χ0) is 19.3. The Kier molecular flexibility index (Phi) is 5.65. The first-order chi connectivity index (χ1) is 13.7. The number of hydrogen-bond acceptors (Lipinski definition) is 3. The van der Waals surface area contributed by atoms with Crippen LogP contribution in [0.3, 0.4) is 0 Å². The average molecular weight is 380 g/mol. The molecule has 148 valence electrons. The van der Waals surface area contributed by atoms with Gasteiger partial charge in [-0.15, -0.1) is 0 Å². The van der Waals surface area contributed by atoms with Gasteiger partial charge < -0.3 is 20.0 Å². The first-order valence-corrected chi connectivity index (χ1v) is 10.1. The Morgan fingerprint density at radius 1 is 1.18 bits per heavy atom. The second kappa shape index (κ2) is 8.50. The summed E-state index contributed by atoms with van der Waals surface area (Å²) in [5, 5.41) is 6.36. The van der Waals surface area contributed by atoms with E-state index in [9.17, 15) is 4.79 Å². The molecule has 0 spiro atoms. The zero-order valence-corrected chi connectivity index (χ0v) is 16.4. The number of carbonyl (C=O) groups is 1. The van der Waals surface area contributed by atoms with Crippen LogP contribution in [0.25, 0.3) is 0 Å². The van der Waals surface area contributed by atoms with Gasteiger partial charge in [0.05, 0.1) is 6.26 Å². The van der Waals surface area contributed by atoms with E-state index >= 15 is 0 Å². The normalized spacial score (nSPS) is 22.0. The fourth-order valence-electron chi connectivity index (χ4n) is 4.45. The SMILES string of the molecule is CN=C(NCc1cccc(NC(=O)c2ccco2)c1)N1CC2CCCCC2C1. The topological polar surface area (TPSA) is 69.9 Å². The number of benzene rings is 1. The lowest BCUT2D eigenvalue weighted by molar-refractivity contribution is 0.0996. The molecule has 2 fully saturated rings. The van der Waals surface area contributed by atoms with Crippen LogP contribution in [0.4, 0.5) is 5.69 Å². The van der Waals surface area contributed by atoms with E-state index in [1.54, 1.807) is 12.1 Å². The van der Waals surface area contributed by atoms with Crippen molar-refractivity contribution in [2.45, 2.75) is 32.2 Å². The summed E-state index contributed by atoms with van der Waals surface area (Å²) in [6.07, 6.45) is 6.95. The Bertz CT molecular complexity index is 817. The molecule has 2 N–H and O–H groups in total. The summed E-state index contributed by atoms with van der Waals surface area (Å²) in [6.45, 7) is 2.90. The van der Waals surface area contributed by atoms with Gasteiger partial charge in [0.15, 0.2) is 11.7 Å². The highest BCUT2D eigenvalue weighted by atomic mass is 16.3. The molecular formula is C22H28N4O2. The minimum absolute atomic E-state index is 0.245. The quantitative estimate of drug-likeness (QED) is 0.626. The molecule has 1 amide bonds. The Balaban J connectivity index is 1.34. The number of fused-ring (bicyclic) bond motifs is 1. The molecule has 1 aliphatic heterocycles. The van der Waals surface area contributed by atoms with Gasteiger partial charge in [-0.25, -0.2) is 0 Å². The van der Waals surface area contributed by atoms with Gasteiger partial charge in [-0.1, -0.05) is 25.0 Å². The summed E-state index contributed by atoms with van der Waals surface area (Å²) in [7, 11) is 1.85. The molecule has 1 saturated carbocycles. The maximum atomic E-state index is 12.2. The maximum Gasteiger partial charge on any atom is 0.291 e. The second-order valence-electron chi connectivity index (χ2n) is 7.74. The summed E-state index contributed by atoms with van der Waals surface area (Å²) in [6, 6.07) is 11.2. The number of likely N-dealkylation sites (tertiary alicyclic amines) is 1. The molecule has 2 aromatic rings. The van der Waals surface area contributed by atoms with Gasteiger partial charge in [-0.3, -0.25) is 9.79 Å². The molecule has 1 aliphatic carbocycles. The Morgan fingerprint density at radius 2 is 1.96 bits per heavy atom. The number of amides is 1. The van der Waals surface area contributed by atoms with Crippen LogP contribution in [-0.4, -0.2) is 36.9 Å². The first-order valence-electron chi connectivity index (χ1n) is 10.1. The molecule has 28 heavy (non-hydrogen) atoms. The number of anilines is 1. The van der Waals surface area contributed by atoms with Crippen molar-refractivity contribution in [1.82, 2.24) is 10.2 Å². The number of hydrogen-bond donors (Lipinski definition) is 2. The molecular weight excluding hydrogens is 352 g/mol. The van der Waals surface area contributed by atoms with E-state index in [4.69, 9.17) is 4.42 Å². The highest BCUT2D eigenvalue weighted by molar-refractivity contribution is 6.02. The van der Waals surface area contributed by atoms with E-state index in [0.29, 0.717) is 12.3 Å². The third kappa shape index (κ3) is 4.21. The largest absolute Gasteiger partial charge is 0.459 e. The summed E-state index contributed by atoms with van der Waals surface area (Å²) in [4.78, 5) is 19.1. The minimum Gasteiger partial charge on any atom is -0.459 e. The molecule has 1 aromatic carbocycles. The molecule has 2 unspecified atom stereocenters. The molecule has 0 radical (unpaired) electrons. The molecule has 2 heterocycles. The van der Waals surface area contributed by atoms with E-state index in [2.05, 4.69) is 20.5 Å². The second-order valence-corrected chi connectivity index (χ2v) is 7.74. The van der Waals surface area contributed by atoms with Crippen LogP contribution < -0.4 is 10.6 Å². The number of guanidine groups is 1. The minimum atomic E-state index is -0.245. The van der Waals surface area contributed by atoms with Crippen molar-refractivity contribution in [3.05, 3.63) is 54.0 Å². The van der Waals surface area contributed by atoms with Crippen molar-refractivity contribution in [3.8, 4) is 0 Å². The van der Waals surface area contributed by atoms with Gasteiger partial charge in [-0.05, 0) is 54.5 Å². The number of carbonyl (C=O) groups excluding carboxylic acids is 1. The number of rotatable bonds is 4. The summed E-state index contributed by atoms with van der Waals surface area (Å²) >= 11 is 0. The smallest absolute Gasteiger partial charge is 0.291 e. The van der Waals surface area contributed by atoms with Gasteiger partial charge in [0, 0.05) is 32.4 Å². The summed E-state index contributed by atoms with van der Waals surface area (Å²) < 4.78 is 5.14. The molecule has 0 bridgehead atoms. The fraction of sp³-hybridized carbons (Fsp3) is 0.455. The predicted molar refractivity (Wildman–Crippen MR) is 110 cm³/mol. The van der Waals surface area contributed by atoms with E-state index in [-0.39, 0.29) is 5.91 Å². The van der Waals surface area contributed by atoms with Gasteiger partial charge >= 0.3 is 0 Å². The average Bonchev–Trinajstić information content (AvgIpc) is 3.39. The van der Waals surface area contributed by atoms with Gasteiger partial charge in [0.1, 0.15) is 0 Å². The van der Waals surface area contributed by atoms with Crippen molar-refractivity contribution in [2.75, 3.05) is 25.5 Å². The predicted octanol–water partition coefficient (Wildman–Crippen LogP) is 3.73.